The predicted octanol–water partition coefficient (Wildman–Crippen LogP) is 2.92. The number of aromatic nitrogens is 1. The number of benzene rings is 1. The molecule has 0 spiro atoms. The molecule has 1 aliphatic rings. The number of rotatable bonds is 17. The average Bonchev–Trinajstić information content (AvgIpc) is 3.42. The van der Waals surface area contributed by atoms with Crippen LogP contribution in [0.15, 0.2) is 48.7 Å². The van der Waals surface area contributed by atoms with Crippen molar-refractivity contribution in [3.63, 3.8) is 0 Å². The quantitative estimate of drug-likeness (QED) is 0.138. The van der Waals surface area contributed by atoms with E-state index in [4.69, 9.17) is 4.74 Å². The molecule has 10 nitrogen and oxygen atoms in total. The van der Waals surface area contributed by atoms with E-state index in [0.717, 1.165) is 36.3 Å². The van der Waals surface area contributed by atoms with Crippen LogP contribution >= 0.6 is 10.8 Å². The lowest BCUT2D eigenvalue weighted by Gasteiger charge is -2.25. The minimum absolute atomic E-state index is 0.0851. The summed E-state index contributed by atoms with van der Waals surface area (Å²) in [4.78, 5) is 56.5. The standard InChI is InChI=1S/C31H42N4O6S2/c1-21(2)28(35-27(36)10-5-4-9-25-16-19-42-43(25)40)30(38)34-26(20-22-11-13-24(41-3)14-12-22)29(37)31(39)33-18-15-23-8-6-7-17-32-23/h6-8,11-14,17,21,25-26,28H,4-5,9-10,15-16,18-20H2,1-3H3,(H,33,39)(H,34,38)(H,35,36)/t25?,26-,28-,43?/m0/s1. The molecule has 2 unspecified atom stereocenters. The van der Waals surface area contributed by atoms with Crippen molar-refractivity contribution < 1.29 is 28.1 Å². The van der Waals surface area contributed by atoms with Gasteiger partial charge in [0.2, 0.25) is 17.6 Å². The SMILES string of the molecule is COc1ccc(C[C@H](NC(=O)[C@@H](NC(=O)CCCCC2CCSS2=O)C(C)C)C(=O)C(=O)NCCc2ccccn2)cc1. The van der Waals surface area contributed by atoms with Crippen LogP contribution in [-0.2, 0) is 41.9 Å². The molecule has 1 aromatic carbocycles. The zero-order chi connectivity index (χ0) is 31.2. The van der Waals surface area contributed by atoms with Crippen LogP contribution in [-0.4, -0.2) is 69.4 Å². The Hall–Kier alpha value is -3.25. The molecule has 43 heavy (non-hydrogen) atoms. The summed E-state index contributed by atoms with van der Waals surface area (Å²) in [6.07, 6.45) is 5.63. The number of hydrogen-bond donors (Lipinski definition) is 3. The van der Waals surface area contributed by atoms with Gasteiger partial charge in [-0.05, 0) is 55.0 Å². The van der Waals surface area contributed by atoms with Gasteiger partial charge in [0.15, 0.2) is 0 Å². The van der Waals surface area contributed by atoms with Crippen molar-refractivity contribution in [1.82, 2.24) is 20.9 Å². The van der Waals surface area contributed by atoms with Gasteiger partial charge < -0.3 is 20.7 Å². The number of nitrogens with zero attached hydrogens (tertiary/aromatic N) is 1. The summed E-state index contributed by atoms with van der Waals surface area (Å²) in [6, 6.07) is 10.5. The second-order valence-corrected chi connectivity index (χ2v) is 14.4. The number of ketones is 1. The van der Waals surface area contributed by atoms with E-state index in [2.05, 4.69) is 20.9 Å². The fraction of sp³-hybridized carbons (Fsp3) is 0.516. The molecule has 2 heterocycles. The van der Waals surface area contributed by atoms with Gasteiger partial charge in [-0.2, -0.15) is 0 Å². The van der Waals surface area contributed by atoms with E-state index in [1.54, 1.807) is 43.6 Å². The van der Waals surface area contributed by atoms with Crippen molar-refractivity contribution in [3.05, 3.63) is 59.9 Å². The maximum Gasteiger partial charge on any atom is 0.289 e. The molecule has 2 aromatic rings. The Bertz CT molecular complexity index is 1240. The Balaban J connectivity index is 1.60. The van der Waals surface area contributed by atoms with E-state index >= 15 is 0 Å². The van der Waals surface area contributed by atoms with Gasteiger partial charge in [0.25, 0.3) is 5.91 Å². The lowest BCUT2D eigenvalue weighted by molar-refractivity contribution is -0.140. The topological polar surface area (TPSA) is 144 Å². The van der Waals surface area contributed by atoms with Gasteiger partial charge in [0.1, 0.15) is 17.8 Å². The summed E-state index contributed by atoms with van der Waals surface area (Å²) < 4.78 is 17.1. The van der Waals surface area contributed by atoms with Crippen LogP contribution < -0.4 is 20.7 Å². The normalized spacial score (nSPS) is 17.6. The highest BCUT2D eigenvalue weighted by molar-refractivity contribution is 8.69. The van der Waals surface area contributed by atoms with Crippen LogP contribution in [0.4, 0.5) is 0 Å². The van der Waals surface area contributed by atoms with Gasteiger partial charge in [-0.15, -0.1) is 0 Å². The molecule has 1 saturated heterocycles. The van der Waals surface area contributed by atoms with Crippen molar-refractivity contribution in [1.29, 1.82) is 0 Å². The van der Waals surface area contributed by atoms with Gasteiger partial charge in [-0.3, -0.25) is 24.2 Å². The highest BCUT2D eigenvalue weighted by Gasteiger charge is 2.32. The Morgan fingerprint density at radius 1 is 1.07 bits per heavy atom. The molecule has 1 aromatic heterocycles. The molecular formula is C31H42N4O6S2. The van der Waals surface area contributed by atoms with Crippen LogP contribution in [0.3, 0.4) is 0 Å². The summed E-state index contributed by atoms with van der Waals surface area (Å²) in [5.74, 6) is -1.08. The van der Waals surface area contributed by atoms with E-state index < -0.39 is 39.5 Å². The maximum atomic E-state index is 13.4. The Labute approximate surface area is 259 Å². The van der Waals surface area contributed by atoms with E-state index in [0.29, 0.717) is 18.6 Å². The summed E-state index contributed by atoms with van der Waals surface area (Å²) in [5, 5.41) is 8.37. The molecule has 3 N–H and O–H groups in total. The largest absolute Gasteiger partial charge is 0.497 e. The predicted molar refractivity (Wildman–Crippen MR) is 169 cm³/mol. The number of carbonyl (C=O) groups is 4. The van der Waals surface area contributed by atoms with Crippen LogP contribution in [0.2, 0.25) is 0 Å². The second-order valence-electron chi connectivity index (χ2n) is 10.8. The smallest absolute Gasteiger partial charge is 0.289 e. The van der Waals surface area contributed by atoms with Crippen molar-refractivity contribution in [3.8, 4) is 5.75 Å². The van der Waals surface area contributed by atoms with Crippen LogP contribution in [0.1, 0.15) is 57.2 Å². The van der Waals surface area contributed by atoms with Crippen molar-refractivity contribution >= 4 is 44.1 Å². The highest BCUT2D eigenvalue weighted by atomic mass is 33.1. The van der Waals surface area contributed by atoms with Gasteiger partial charge >= 0.3 is 0 Å². The van der Waals surface area contributed by atoms with Gasteiger partial charge in [-0.25, -0.2) is 4.21 Å². The number of Topliss-reactive ketones (excluding diaryl/α,β-unsaturated/α-hetero) is 1. The molecule has 12 heteroatoms. The van der Waals surface area contributed by atoms with Gasteiger partial charge in [0.05, 0.1) is 16.9 Å². The Morgan fingerprint density at radius 2 is 1.84 bits per heavy atom. The molecule has 3 rings (SSSR count). The molecule has 0 saturated carbocycles. The summed E-state index contributed by atoms with van der Waals surface area (Å²) in [5.41, 5.74) is 1.51. The number of ether oxygens (including phenoxy) is 1. The molecule has 0 aliphatic carbocycles. The van der Waals surface area contributed by atoms with Crippen molar-refractivity contribution in [2.75, 3.05) is 19.4 Å². The molecular weight excluding hydrogens is 588 g/mol. The van der Waals surface area contributed by atoms with Crippen molar-refractivity contribution in [2.45, 2.75) is 76.1 Å². The minimum Gasteiger partial charge on any atom is -0.497 e. The average molecular weight is 631 g/mol. The fourth-order valence-electron chi connectivity index (χ4n) is 4.70. The van der Waals surface area contributed by atoms with Crippen molar-refractivity contribution in [2.24, 2.45) is 5.92 Å². The number of methoxy groups -OCH3 is 1. The van der Waals surface area contributed by atoms with Crippen LogP contribution in [0.5, 0.6) is 5.75 Å². The third-order valence-electron chi connectivity index (χ3n) is 7.21. The molecule has 1 fully saturated rings. The Morgan fingerprint density at radius 3 is 2.47 bits per heavy atom. The highest BCUT2D eigenvalue weighted by Crippen LogP contribution is 2.29. The maximum absolute atomic E-state index is 13.4. The molecule has 4 atom stereocenters. The monoisotopic (exact) mass is 630 g/mol. The molecule has 3 amide bonds. The number of hydrogen-bond acceptors (Lipinski definition) is 8. The first kappa shape index (κ1) is 34.2. The number of pyridine rings is 1. The van der Waals surface area contributed by atoms with E-state index in [9.17, 15) is 23.4 Å². The number of amides is 3. The van der Waals surface area contributed by atoms with E-state index in [-0.39, 0.29) is 36.5 Å². The fourth-order valence-corrected chi connectivity index (χ4v) is 8.19. The van der Waals surface area contributed by atoms with E-state index in [1.807, 2.05) is 26.0 Å². The first-order valence-electron chi connectivity index (χ1n) is 14.7. The lowest BCUT2D eigenvalue weighted by Crippen LogP contribution is -2.56. The number of nitrogens with one attached hydrogen (secondary N) is 3. The zero-order valence-electron chi connectivity index (χ0n) is 25.0. The minimum atomic E-state index is -1.14. The van der Waals surface area contributed by atoms with Crippen LogP contribution in [0.25, 0.3) is 0 Å². The number of carbonyl (C=O) groups excluding carboxylic acids is 4. The zero-order valence-corrected chi connectivity index (χ0v) is 26.6. The summed E-state index contributed by atoms with van der Waals surface area (Å²) in [7, 11) is 2.20. The summed E-state index contributed by atoms with van der Waals surface area (Å²) in [6.45, 7) is 3.83. The number of unbranched alkanes of at least 4 members (excludes halogenated alkanes) is 1. The molecule has 234 valence electrons. The van der Waals surface area contributed by atoms with Crippen LogP contribution in [0, 0.1) is 5.92 Å². The van der Waals surface area contributed by atoms with Gasteiger partial charge in [0, 0.05) is 48.7 Å². The molecule has 0 bridgehead atoms. The molecule has 1 aliphatic heterocycles. The first-order chi connectivity index (χ1) is 20.7. The first-order valence-corrected chi connectivity index (χ1v) is 17.4. The second kappa shape index (κ2) is 17.8. The Kier molecular flexibility index (Phi) is 14.1. The van der Waals surface area contributed by atoms with Gasteiger partial charge in [-0.1, -0.05) is 49.3 Å². The lowest BCUT2D eigenvalue weighted by atomic mass is 9.98. The van der Waals surface area contributed by atoms with E-state index in [1.165, 1.54) is 10.8 Å². The third-order valence-corrected chi connectivity index (χ3v) is 10.9. The molecule has 0 radical (unpaired) electrons. The third kappa shape index (κ3) is 11.4. The summed E-state index contributed by atoms with van der Waals surface area (Å²) >= 11 is 0.